The molecule has 9 nitrogen and oxygen atoms in total. The van der Waals surface area contributed by atoms with Gasteiger partial charge in [-0.25, -0.2) is 8.42 Å². The fourth-order valence-electron chi connectivity index (χ4n) is 5.24. The minimum absolute atomic E-state index is 0.0606. The average molecular weight is 638 g/mol. The molecule has 1 aromatic heterocycles. The van der Waals surface area contributed by atoms with E-state index < -0.39 is 39.5 Å². The number of rotatable bonds is 8. The van der Waals surface area contributed by atoms with Gasteiger partial charge in [-0.05, 0) is 67.0 Å². The second kappa shape index (κ2) is 13.6. The van der Waals surface area contributed by atoms with Crippen molar-refractivity contribution in [3.8, 4) is 17.6 Å². The molecular formula is C32H30F3N5O4S. The number of alkyl halides is 3. The highest BCUT2D eigenvalue weighted by molar-refractivity contribution is 7.92. The van der Waals surface area contributed by atoms with E-state index in [0.29, 0.717) is 43.7 Å². The first-order valence-electron chi connectivity index (χ1n) is 14.2. The van der Waals surface area contributed by atoms with Crippen LogP contribution in [0.4, 0.5) is 18.9 Å². The van der Waals surface area contributed by atoms with Gasteiger partial charge in [0, 0.05) is 68.4 Å². The maximum Gasteiger partial charge on any atom is 0.573 e. The molecule has 234 valence electrons. The Morgan fingerprint density at radius 2 is 2.02 bits per heavy atom. The summed E-state index contributed by atoms with van der Waals surface area (Å²) in [5.41, 5.74) is 4.75. The summed E-state index contributed by atoms with van der Waals surface area (Å²) >= 11 is 0. The molecule has 0 saturated carbocycles. The number of hydrogen-bond donors (Lipinski definition) is 1. The van der Waals surface area contributed by atoms with Gasteiger partial charge in [-0.3, -0.25) is 24.4 Å². The van der Waals surface area contributed by atoms with Gasteiger partial charge < -0.3 is 9.64 Å². The van der Waals surface area contributed by atoms with Crippen molar-refractivity contribution >= 4 is 27.8 Å². The first kappa shape index (κ1) is 31.8. The van der Waals surface area contributed by atoms with Gasteiger partial charge >= 0.3 is 6.36 Å². The van der Waals surface area contributed by atoms with Gasteiger partial charge in [-0.2, -0.15) is 0 Å². The number of aromatic nitrogens is 1. The maximum atomic E-state index is 13.4. The molecule has 0 spiro atoms. The molecule has 1 aliphatic carbocycles. The van der Waals surface area contributed by atoms with Crippen molar-refractivity contribution in [3.05, 3.63) is 94.7 Å². The summed E-state index contributed by atoms with van der Waals surface area (Å²) in [6.45, 7) is 4.10. The van der Waals surface area contributed by atoms with Crippen LogP contribution in [-0.2, 0) is 10.0 Å². The molecule has 13 heteroatoms. The molecular weight excluding hydrogens is 607 g/mol. The van der Waals surface area contributed by atoms with Crippen molar-refractivity contribution in [2.24, 2.45) is 4.99 Å². The van der Waals surface area contributed by atoms with E-state index in [4.69, 9.17) is 0 Å². The highest BCUT2D eigenvalue weighted by atomic mass is 32.2. The molecule has 1 aromatic carbocycles. The number of amides is 1. The Morgan fingerprint density at radius 3 is 2.80 bits per heavy atom. The number of allylic oxidation sites excluding steroid dienone is 4. The summed E-state index contributed by atoms with van der Waals surface area (Å²) in [6, 6.07) is 7.22. The van der Waals surface area contributed by atoms with Crippen LogP contribution in [0, 0.1) is 11.8 Å². The number of carbonyl (C=O) groups is 1. The maximum absolute atomic E-state index is 13.4. The predicted molar refractivity (Wildman–Crippen MR) is 164 cm³/mol. The lowest BCUT2D eigenvalue weighted by Gasteiger charge is -2.28. The molecule has 45 heavy (non-hydrogen) atoms. The molecule has 3 aliphatic rings. The van der Waals surface area contributed by atoms with Crippen molar-refractivity contribution in [3.63, 3.8) is 0 Å². The summed E-state index contributed by atoms with van der Waals surface area (Å²) in [7, 11) is -4.28. The summed E-state index contributed by atoms with van der Waals surface area (Å²) in [5.74, 6) is 3.73. The van der Waals surface area contributed by atoms with E-state index in [1.807, 2.05) is 12.1 Å². The number of anilines is 1. The van der Waals surface area contributed by atoms with Gasteiger partial charge in [0.1, 0.15) is 0 Å². The fraction of sp³-hybridized carbons (Fsp3) is 0.312. The third kappa shape index (κ3) is 8.30. The van der Waals surface area contributed by atoms with Crippen LogP contribution in [-0.4, -0.2) is 73.6 Å². The molecule has 2 aliphatic heterocycles. The molecule has 2 aromatic rings. The Labute approximate surface area is 259 Å². The van der Waals surface area contributed by atoms with E-state index in [-0.39, 0.29) is 17.2 Å². The number of pyridine rings is 1. The second-order valence-electron chi connectivity index (χ2n) is 10.6. The lowest BCUT2D eigenvalue weighted by molar-refractivity contribution is -0.274. The molecule has 1 saturated heterocycles. The number of nitrogens with zero attached hydrogens (tertiary/aromatic N) is 4. The number of halogens is 3. The summed E-state index contributed by atoms with van der Waals surface area (Å²) in [6.07, 6.45) is 5.47. The van der Waals surface area contributed by atoms with Crippen molar-refractivity contribution in [1.82, 2.24) is 14.8 Å². The van der Waals surface area contributed by atoms with E-state index in [2.05, 4.69) is 48.8 Å². The smallest absolute Gasteiger partial charge is 0.404 e. The number of aliphatic imine (C=N–C) groups is 1. The molecule has 1 atom stereocenters. The van der Waals surface area contributed by atoms with Crippen LogP contribution in [0.5, 0.6) is 5.75 Å². The van der Waals surface area contributed by atoms with Crippen molar-refractivity contribution < 1.29 is 31.1 Å². The average Bonchev–Trinajstić information content (AvgIpc) is 3.46. The van der Waals surface area contributed by atoms with E-state index >= 15 is 0 Å². The van der Waals surface area contributed by atoms with E-state index in [9.17, 15) is 26.4 Å². The van der Waals surface area contributed by atoms with Crippen LogP contribution in [0.2, 0.25) is 0 Å². The summed E-state index contributed by atoms with van der Waals surface area (Å²) < 4.78 is 73.1. The van der Waals surface area contributed by atoms with Crippen molar-refractivity contribution in [2.45, 2.75) is 32.2 Å². The lowest BCUT2D eigenvalue weighted by atomic mass is 10.1. The number of nitrogens with one attached hydrogen (secondary N) is 1. The molecule has 5 rings (SSSR count). The van der Waals surface area contributed by atoms with Crippen molar-refractivity contribution in [1.29, 1.82) is 0 Å². The number of hydrogen-bond acceptors (Lipinski definition) is 7. The Kier molecular flexibility index (Phi) is 9.58. The second-order valence-corrected chi connectivity index (χ2v) is 12.3. The quantitative estimate of drug-likeness (QED) is 0.322. The zero-order valence-electron chi connectivity index (χ0n) is 24.3. The Morgan fingerprint density at radius 1 is 1.18 bits per heavy atom. The van der Waals surface area contributed by atoms with Gasteiger partial charge in [0.05, 0.1) is 17.1 Å². The first-order chi connectivity index (χ1) is 21.5. The normalized spacial score (nSPS) is 17.7. The Bertz CT molecular complexity index is 1780. The minimum Gasteiger partial charge on any atom is -0.404 e. The van der Waals surface area contributed by atoms with Gasteiger partial charge in [0.25, 0.3) is 5.91 Å². The van der Waals surface area contributed by atoms with Crippen LogP contribution >= 0.6 is 0 Å². The minimum atomic E-state index is -5.14. The molecule has 0 radical (unpaired) electrons. The molecule has 1 N–H and O–H groups in total. The van der Waals surface area contributed by atoms with Gasteiger partial charge in [-0.15, -0.1) is 18.9 Å². The third-order valence-corrected chi connectivity index (χ3v) is 8.69. The van der Waals surface area contributed by atoms with Crippen LogP contribution < -0.4 is 9.46 Å². The fourth-order valence-corrected chi connectivity index (χ4v) is 6.45. The van der Waals surface area contributed by atoms with Gasteiger partial charge in [-0.1, -0.05) is 17.9 Å². The summed E-state index contributed by atoms with van der Waals surface area (Å²) in [5, 5.41) is 0. The van der Waals surface area contributed by atoms with Gasteiger partial charge in [0.2, 0.25) is 10.0 Å². The molecule has 1 fully saturated rings. The highest BCUT2D eigenvalue weighted by Gasteiger charge is 2.34. The molecule has 1 amide bonds. The van der Waals surface area contributed by atoms with Gasteiger partial charge in [0.15, 0.2) is 5.75 Å². The Balaban J connectivity index is 1.33. The molecule has 3 heterocycles. The summed E-state index contributed by atoms with van der Waals surface area (Å²) in [4.78, 5) is 25.7. The Hall–Kier alpha value is -4.63. The third-order valence-electron chi connectivity index (χ3n) is 7.47. The highest BCUT2D eigenvalue weighted by Crippen LogP contribution is 2.34. The number of ether oxygens (including phenoxy) is 1. The van der Waals surface area contributed by atoms with E-state index in [0.717, 1.165) is 24.2 Å². The lowest BCUT2D eigenvalue weighted by Crippen LogP contribution is -2.36. The zero-order valence-corrected chi connectivity index (χ0v) is 25.2. The standard InChI is InChI=1S/C32H30F3N5O4S/c1-23(26-11-6-14-36-21-26)39-16-7-17-40(19-18-39)31(41)25-12-13-28(29(20-25)44-32(33,34)35)38-45(42,43)22-27-10-3-2-8-24-9-4-5-15-37-30(24)27/h5-6,9-15,20-21,23,38H,7-8,16-19,22H2,1H3. The first-order valence-corrected chi connectivity index (χ1v) is 15.8. The number of sulfonamides is 1. The zero-order chi connectivity index (χ0) is 32.0. The van der Waals surface area contributed by atoms with E-state index in [1.54, 1.807) is 29.4 Å². The van der Waals surface area contributed by atoms with Crippen molar-refractivity contribution in [2.75, 3.05) is 36.7 Å². The predicted octanol–water partition coefficient (Wildman–Crippen LogP) is 5.01. The SMILES string of the molecule is CC(c1cccnc1)N1CCCN(C(=O)c2ccc(NS(=O)(=O)CC3=CC#CCC4=C3N=CC=C=C4)c(OC(F)(F)F)c2)CC1. The van der Waals surface area contributed by atoms with Crippen LogP contribution in [0.1, 0.15) is 41.7 Å². The number of benzene rings is 1. The molecule has 1 unspecified atom stereocenters. The van der Waals surface area contributed by atoms with Crippen LogP contribution in [0.15, 0.2) is 88.5 Å². The molecule has 0 bridgehead atoms. The largest absolute Gasteiger partial charge is 0.573 e. The number of carbonyl (C=O) groups excluding carboxylic acids is 1. The van der Waals surface area contributed by atoms with Crippen LogP contribution in [0.3, 0.4) is 0 Å². The van der Waals surface area contributed by atoms with Crippen LogP contribution in [0.25, 0.3) is 0 Å². The van der Waals surface area contributed by atoms with E-state index in [1.165, 1.54) is 18.4 Å². The topological polar surface area (TPSA) is 104 Å². The monoisotopic (exact) mass is 637 g/mol.